The molecule has 1 atom stereocenters. The highest BCUT2D eigenvalue weighted by Crippen LogP contribution is 2.31. The van der Waals surface area contributed by atoms with E-state index in [4.69, 9.17) is 21.1 Å². The van der Waals surface area contributed by atoms with Gasteiger partial charge in [-0.15, -0.1) is 12.4 Å². The van der Waals surface area contributed by atoms with Crippen LogP contribution in [-0.2, 0) is 14.8 Å². The van der Waals surface area contributed by atoms with E-state index >= 15 is 0 Å². The Bertz CT molecular complexity index is 650. The number of hydrogen-bond donors (Lipinski definition) is 1. The first kappa shape index (κ1) is 22.5. The molecule has 0 radical (unpaired) electrons. The van der Waals surface area contributed by atoms with E-state index in [1.165, 1.54) is 10.4 Å². The highest BCUT2D eigenvalue weighted by Gasteiger charge is 2.31. The first-order valence-corrected chi connectivity index (χ1v) is 9.83. The number of piperidine rings is 1. The predicted molar refractivity (Wildman–Crippen MR) is 102 cm³/mol. The molecular weight excluding hydrogens is 387 g/mol. The van der Waals surface area contributed by atoms with Gasteiger partial charge in [0.05, 0.1) is 6.61 Å². The van der Waals surface area contributed by atoms with Crippen molar-refractivity contribution in [3.63, 3.8) is 0 Å². The van der Waals surface area contributed by atoms with Gasteiger partial charge in [0.1, 0.15) is 16.7 Å². The van der Waals surface area contributed by atoms with Crippen LogP contribution in [0.15, 0.2) is 23.1 Å². The fourth-order valence-electron chi connectivity index (χ4n) is 2.79. The van der Waals surface area contributed by atoms with Crippen LogP contribution >= 0.6 is 24.0 Å². The van der Waals surface area contributed by atoms with E-state index in [2.05, 4.69) is 5.32 Å². The fourth-order valence-corrected chi connectivity index (χ4v) is 4.64. The summed E-state index contributed by atoms with van der Waals surface area (Å²) in [6.07, 6.45) is 1.30. The van der Waals surface area contributed by atoms with Gasteiger partial charge in [0.2, 0.25) is 10.0 Å². The summed E-state index contributed by atoms with van der Waals surface area (Å²) in [5.41, 5.74) is 0. The molecule has 1 N–H and O–H groups in total. The minimum absolute atomic E-state index is 0. The van der Waals surface area contributed by atoms with Crippen LogP contribution in [0.4, 0.5) is 0 Å². The topological polar surface area (TPSA) is 67.9 Å². The number of nitrogens with one attached hydrogen (secondary N) is 1. The molecule has 0 spiro atoms. The van der Waals surface area contributed by atoms with E-state index in [0.29, 0.717) is 36.5 Å². The third kappa shape index (κ3) is 5.70. The Kier molecular flexibility index (Phi) is 8.94. The standard InChI is InChI=1S/C16H25ClN2O4S.ClH/c1-12(11-22-3)23-15-5-4-13(17)10-16(15)24(20,21)19-8-6-14(18-2)7-9-19;/h4-5,10,12,14,18H,6-9,11H2,1-3H3;1H. The molecule has 9 heteroatoms. The molecule has 1 unspecified atom stereocenters. The van der Waals surface area contributed by atoms with E-state index < -0.39 is 10.0 Å². The van der Waals surface area contributed by atoms with Crippen molar-refractivity contribution in [1.29, 1.82) is 0 Å². The number of benzene rings is 1. The number of sulfonamides is 1. The molecule has 2 rings (SSSR count). The SMILES string of the molecule is CNC1CCN(S(=O)(=O)c2cc(Cl)ccc2OC(C)COC)CC1.Cl. The van der Waals surface area contributed by atoms with E-state index in [9.17, 15) is 8.42 Å². The first-order chi connectivity index (χ1) is 11.4. The lowest BCUT2D eigenvalue weighted by Gasteiger charge is -2.31. The van der Waals surface area contributed by atoms with Crippen molar-refractivity contribution < 1.29 is 17.9 Å². The van der Waals surface area contributed by atoms with Crippen LogP contribution in [0.25, 0.3) is 0 Å². The molecule has 1 saturated heterocycles. The monoisotopic (exact) mass is 412 g/mol. The van der Waals surface area contributed by atoms with Crippen molar-refractivity contribution in [2.24, 2.45) is 0 Å². The van der Waals surface area contributed by atoms with Gasteiger partial charge in [-0.3, -0.25) is 0 Å². The molecule has 0 amide bonds. The second-order valence-corrected chi connectivity index (χ2v) is 8.28. The van der Waals surface area contributed by atoms with E-state index in [0.717, 1.165) is 12.8 Å². The Morgan fingerprint density at radius 1 is 1.36 bits per heavy atom. The third-order valence-corrected chi connectivity index (χ3v) is 6.27. The maximum Gasteiger partial charge on any atom is 0.246 e. The summed E-state index contributed by atoms with van der Waals surface area (Å²) in [5, 5.41) is 3.56. The molecular formula is C16H26Cl2N2O4S. The van der Waals surface area contributed by atoms with Gasteiger partial charge in [-0.25, -0.2) is 8.42 Å². The molecule has 1 aliphatic heterocycles. The number of halogens is 2. The minimum Gasteiger partial charge on any atom is -0.487 e. The predicted octanol–water partition coefficient (Wildman–Crippen LogP) is 2.55. The molecule has 0 saturated carbocycles. The average Bonchev–Trinajstić information content (AvgIpc) is 2.56. The molecule has 1 fully saturated rings. The lowest BCUT2D eigenvalue weighted by molar-refractivity contribution is 0.0900. The lowest BCUT2D eigenvalue weighted by Crippen LogP contribution is -2.44. The van der Waals surface area contributed by atoms with Gasteiger partial charge in [0.15, 0.2) is 0 Å². The van der Waals surface area contributed by atoms with Gasteiger partial charge < -0.3 is 14.8 Å². The summed E-state index contributed by atoms with van der Waals surface area (Å²) in [7, 11) is -0.180. The van der Waals surface area contributed by atoms with Crippen LogP contribution in [0.1, 0.15) is 19.8 Å². The zero-order chi connectivity index (χ0) is 17.7. The number of ether oxygens (including phenoxy) is 2. The van der Waals surface area contributed by atoms with Crippen LogP contribution in [0, 0.1) is 0 Å². The maximum atomic E-state index is 13.0. The summed E-state index contributed by atoms with van der Waals surface area (Å²) < 4.78 is 38.4. The molecule has 1 heterocycles. The van der Waals surface area contributed by atoms with Crippen molar-refractivity contribution >= 4 is 34.0 Å². The molecule has 0 aliphatic carbocycles. The van der Waals surface area contributed by atoms with Gasteiger partial charge in [-0.2, -0.15) is 4.31 Å². The minimum atomic E-state index is -3.65. The van der Waals surface area contributed by atoms with Crippen molar-refractivity contribution in [3.8, 4) is 5.75 Å². The molecule has 1 aromatic rings. The van der Waals surface area contributed by atoms with Crippen LogP contribution in [0.5, 0.6) is 5.75 Å². The zero-order valence-corrected chi connectivity index (χ0v) is 17.1. The van der Waals surface area contributed by atoms with Crippen molar-refractivity contribution in [2.75, 3.05) is 33.9 Å². The summed E-state index contributed by atoms with van der Waals surface area (Å²) in [4.78, 5) is 0.112. The Hall–Kier alpha value is -0.570. The average molecular weight is 413 g/mol. The van der Waals surface area contributed by atoms with E-state index in [1.807, 2.05) is 14.0 Å². The molecule has 0 bridgehead atoms. The quantitative estimate of drug-likeness (QED) is 0.744. The molecule has 1 aromatic carbocycles. The Balaban J connectivity index is 0.00000312. The second-order valence-electron chi connectivity index (χ2n) is 5.94. The van der Waals surface area contributed by atoms with Gasteiger partial charge >= 0.3 is 0 Å². The number of methoxy groups -OCH3 is 1. The Morgan fingerprint density at radius 3 is 2.56 bits per heavy atom. The van der Waals surface area contributed by atoms with Crippen molar-refractivity contribution in [3.05, 3.63) is 23.2 Å². The number of hydrogen-bond acceptors (Lipinski definition) is 5. The summed E-state index contributed by atoms with van der Waals surface area (Å²) in [5.74, 6) is 0.305. The smallest absolute Gasteiger partial charge is 0.246 e. The highest BCUT2D eigenvalue weighted by molar-refractivity contribution is 7.89. The number of nitrogens with zero attached hydrogens (tertiary/aromatic N) is 1. The summed E-state index contributed by atoms with van der Waals surface area (Å²) >= 11 is 6.03. The highest BCUT2D eigenvalue weighted by atomic mass is 35.5. The first-order valence-electron chi connectivity index (χ1n) is 8.01. The Labute approximate surface area is 161 Å². The maximum absolute atomic E-state index is 13.0. The van der Waals surface area contributed by atoms with Crippen LogP contribution in [-0.4, -0.2) is 58.7 Å². The van der Waals surface area contributed by atoms with Gasteiger partial charge in [0.25, 0.3) is 0 Å². The van der Waals surface area contributed by atoms with E-state index in [1.54, 1.807) is 19.2 Å². The molecule has 0 aromatic heterocycles. The van der Waals surface area contributed by atoms with Gasteiger partial charge in [-0.05, 0) is 45.0 Å². The summed E-state index contributed by atoms with van der Waals surface area (Å²) in [6.45, 7) is 3.16. The Morgan fingerprint density at radius 2 is 2.00 bits per heavy atom. The van der Waals surface area contributed by atoms with Crippen molar-refractivity contribution in [2.45, 2.75) is 36.8 Å². The third-order valence-electron chi connectivity index (χ3n) is 4.12. The molecule has 144 valence electrons. The number of rotatable bonds is 7. The molecule has 1 aliphatic rings. The normalized spacial score (nSPS) is 17.8. The fraction of sp³-hybridized carbons (Fsp3) is 0.625. The van der Waals surface area contributed by atoms with Gasteiger partial charge in [0, 0.05) is 31.3 Å². The van der Waals surface area contributed by atoms with E-state index in [-0.39, 0.29) is 23.4 Å². The second kappa shape index (κ2) is 9.94. The van der Waals surface area contributed by atoms with Gasteiger partial charge in [-0.1, -0.05) is 11.6 Å². The molecule has 6 nitrogen and oxygen atoms in total. The molecule has 25 heavy (non-hydrogen) atoms. The largest absolute Gasteiger partial charge is 0.487 e. The van der Waals surface area contributed by atoms with Crippen molar-refractivity contribution in [1.82, 2.24) is 9.62 Å². The lowest BCUT2D eigenvalue weighted by atomic mass is 10.1. The van der Waals surface area contributed by atoms with Crippen LogP contribution in [0.3, 0.4) is 0 Å². The summed E-state index contributed by atoms with van der Waals surface area (Å²) in [6, 6.07) is 5.04. The van der Waals surface area contributed by atoms with Crippen LogP contribution < -0.4 is 10.1 Å². The van der Waals surface area contributed by atoms with Crippen LogP contribution in [0.2, 0.25) is 5.02 Å². The zero-order valence-electron chi connectivity index (χ0n) is 14.7.